The van der Waals surface area contributed by atoms with E-state index in [1.54, 1.807) is 0 Å². The van der Waals surface area contributed by atoms with Crippen molar-refractivity contribution >= 4 is 0 Å². The van der Waals surface area contributed by atoms with Gasteiger partial charge in [-0.15, -0.1) is 0 Å². The molecule has 2 N–H and O–H groups in total. The summed E-state index contributed by atoms with van der Waals surface area (Å²) in [5, 5.41) is 13.0. The molecule has 1 saturated heterocycles. The largest absolute Gasteiger partial charge is 0.394 e. The predicted molar refractivity (Wildman–Crippen MR) is 88.6 cm³/mol. The van der Waals surface area contributed by atoms with Gasteiger partial charge in [-0.3, -0.25) is 4.90 Å². The highest BCUT2D eigenvalue weighted by Gasteiger charge is 2.32. The monoisotopic (exact) mass is 300 g/mol. The zero-order chi connectivity index (χ0) is 15.9. The maximum Gasteiger partial charge on any atom is 0.0936 e. The van der Waals surface area contributed by atoms with E-state index >= 15 is 0 Å². The van der Waals surface area contributed by atoms with Crippen molar-refractivity contribution in [2.24, 2.45) is 11.3 Å². The summed E-state index contributed by atoms with van der Waals surface area (Å²) in [5.74, 6) is 0.693. The summed E-state index contributed by atoms with van der Waals surface area (Å²) < 4.78 is 5.75. The summed E-state index contributed by atoms with van der Waals surface area (Å²) in [6.07, 6.45) is 2.56. The Morgan fingerprint density at radius 2 is 1.95 bits per heavy atom. The second-order valence-corrected chi connectivity index (χ2v) is 7.18. The Hall–Kier alpha value is -0.160. The molecule has 1 aliphatic rings. The molecule has 1 heterocycles. The van der Waals surface area contributed by atoms with Crippen LogP contribution in [0.2, 0.25) is 0 Å². The van der Waals surface area contributed by atoms with Crippen LogP contribution in [-0.4, -0.2) is 61.5 Å². The van der Waals surface area contributed by atoms with E-state index in [4.69, 9.17) is 4.74 Å². The first kappa shape index (κ1) is 18.9. The third-order valence-electron chi connectivity index (χ3n) is 4.72. The second kappa shape index (κ2) is 9.09. The lowest BCUT2D eigenvalue weighted by molar-refractivity contribution is -0.103. The molecule has 21 heavy (non-hydrogen) atoms. The molecule has 0 radical (unpaired) electrons. The van der Waals surface area contributed by atoms with Gasteiger partial charge < -0.3 is 15.2 Å². The number of nitrogens with zero attached hydrogens (tertiary/aromatic N) is 1. The quantitative estimate of drug-likeness (QED) is 0.685. The highest BCUT2D eigenvalue weighted by atomic mass is 16.5. The summed E-state index contributed by atoms with van der Waals surface area (Å²) in [6.45, 7) is 16.4. The van der Waals surface area contributed by atoms with Crippen molar-refractivity contribution in [3.63, 3.8) is 0 Å². The van der Waals surface area contributed by atoms with Gasteiger partial charge >= 0.3 is 0 Å². The molecule has 0 spiro atoms. The van der Waals surface area contributed by atoms with Gasteiger partial charge in [0.1, 0.15) is 0 Å². The van der Waals surface area contributed by atoms with E-state index in [0.717, 1.165) is 32.7 Å². The minimum Gasteiger partial charge on any atom is -0.394 e. The molecule has 0 amide bonds. The van der Waals surface area contributed by atoms with Crippen molar-refractivity contribution in [2.45, 2.75) is 59.7 Å². The number of ether oxygens (including phenoxy) is 1. The van der Waals surface area contributed by atoms with Gasteiger partial charge in [0, 0.05) is 26.2 Å². The summed E-state index contributed by atoms with van der Waals surface area (Å²) in [7, 11) is 0. The van der Waals surface area contributed by atoms with Crippen molar-refractivity contribution in [3.05, 3.63) is 0 Å². The van der Waals surface area contributed by atoms with Crippen LogP contribution >= 0.6 is 0 Å². The van der Waals surface area contributed by atoms with Crippen LogP contribution in [-0.2, 0) is 4.74 Å². The third kappa shape index (κ3) is 6.23. The van der Waals surface area contributed by atoms with Crippen LogP contribution in [0.15, 0.2) is 0 Å². The zero-order valence-electron chi connectivity index (χ0n) is 14.7. The van der Waals surface area contributed by atoms with Crippen molar-refractivity contribution in [3.8, 4) is 0 Å². The molecule has 0 aromatic carbocycles. The van der Waals surface area contributed by atoms with Crippen molar-refractivity contribution in [2.75, 3.05) is 39.3 Å². The summed E-state index contributed by atoms with van der Waals surface area (Å²) in [6, 6.07) is 0. The molecule has 0 saturated carbocycles. The van der Waals surface area contributed by atoms with E-state index < -0.39 is 0 Å². The first-order valence-corrected chi connectivity index (χ1v) is 8.64. The Labute approximate surface area is 131 Å². The van der Waals surface area contributed by atoms with Crippen LogP contribution in [0.5, 0.6) is 0 Å². The number of aliphatic hydroxyl groups excluding tert-OH is 1. The average Bonchev–Trinajstić information content (AvgIpc) is 2.45. The Balaban J connectivity index is 2.59. The lowest BCUT2D eigenvalue weighted by atomic mass is 9.81. The van der Waals surface area contributed by atoms with Gasteiger partial charge in [-0.25, -0.2) is 0 Å². The van der Waals surface area contributed by atoms with Crippen molar-refractivity contribution in [1.29, 1.82) is 0 Å². The standard InChI is InChI=1S/C17H36N2O2/c1-6-17(7-2,12-18-8-14(3)4)13-19-9-15(5)21-16(10-19)11-20/h14-16,18,20H,6-13H2,1-5H3. The highest BCUT2D eigenvalue weighted by Crippen LogP contribution is 2.28. The summed E-state index contributed by atoms with van der Waals surface area (Å²) in [4.78, 5) is 2.49. The molecule has 0 aromatic heterocycles. The maximum atomic E-state index is 9.38. The van der Waals surface area contributed by atoms with Crippen LogP contribution < -0.4 is 5.32 Å². The van der Waals surface area contributed by atoms with Gasteiger partial charge in [0.2, 0.25) is 0 Å². The highest BCUT2D eigenvalue weighted by molar-refractivity contribution is 4.86. The lowest BCUT2D eigenvalue weighted by Crippen LogP contribution is -2.53. The molecule has 2 atom stereocenters. The zero-order valence-corrected chi connectivity index (χ0v) is 14.7. The molecule has 0 aliphatic carbocycles. The van der Waals surface area contributed by atoms with E-state index in [0.29, 0.717) is 11.3 Å². The van der Waals surface area contributed by atoms with E-state index in [1.165, 1.54) is 12.8 Å². The molecule has 4 heteroatoms. The van der Waals surface area contributed by atoms with Crippen molar-refractivity contribution < 1.29 is 9.84 Å². The van der Waals surface area contributed by atoms with Gasteiger partial charge in [-0.05, 0) is 37.6 Å². The van der Waals surface area contributed by atoms with Gasteiger partial charge in [-0.1, -0.05) is 27.7 Å². The minimum absolute atomic E-state index is 0.0243. The molecule has 4 nitrogen and oxygen atoms in total. The predicted octanol–water partition coefficient (Wildman–Crippen LogP) is 2.12. The van der Waals surface area contributed by atoms with Crippen LogP contribution in [0, 0.1) is 11.3 Å². The normalized spacial score (nSPS) is 24.7. The van der Waals surface area contributed by atoms with Crippen LogP contribution in [0.3, 0.4) is 0 Å². The molecule has 1 rings (SSSR count). The molecule has 0 bridgehead atoms. The fourth-order valence-corrected chi connectivity index (χ4v) is 3.25. The van der Waals surface area contributed by atoms with E-state index in [9.17, 15) is 5.11 Å². The Morgan fingerprint density at radius 1 is 1.29 bits per heavy atom. The van der Waals surface area contributed by atoms with Gasteiger partial charge in [0.05, 0.1) is 18.8 Å². The molecule has 1 aliphatic heterocycles. The first-order valence-electron chi connectivity index (χ1n) is 8.64. The van der Waals surface area contributed by atoms with E-state index in [-0.39, 0.29) is 18.8 Å². The van der Waals surface area contributed by atoms with Gasteiger partial charge in [0.15, 0.2) is 0 Å². The van der Waals surface area contributed by atoms with Crippen molar-refractivity contribution in [1.82, 2.24) is 10.2 Å². The van der Waals surface area contributed by atoms with Gasteiger partial charge in [0.25, 0.3) is 0 Å². The molecular weight excluding hydrogens is 264 g/mol. The average molecular weight is 300 g/mol. The topological polar surface area (TPSA) is 44.7 Å². The number of hydrogen-bond donors (Lipinski definition) is 2. The summed E-state index contributed by atoms with van der Waals surface area (Å²) >= 11 is 0. The Morgan fingerprint density at radius 3 is 2.48 bits per heavy atom. The van der Waals surface area contributed by atoms with E-state index in [1.807, 2.05) is 0 Å². The Bertz CT molecular complexity index is 280. The van der Waals surface area contributed by atoms with Crippen LogP contribution in [0.1, 0.15) is 47.5 Å². The smallest absolute Gasteiger partial charge is 0.0936 e. The first-order chi connectivity index (χ1) is 9.94. The molecule has 2 unspecified atom stereocenters. The second-order valence-electron chi connectivity index (χ2n) is 7.18. The number of rotatable bonds is 9. The lowest BCUT2D eigenvalue weighted by Gasteiger charge is -2.42. The molecular formula is C17H36N2O2. The minimum atomic E-state index is -0.0243. The maximum absolute atomic E-state index is 9.38. The van der Waals surface area contributed by atoms with Crippen LogP contribution in [0.4, 0.5) is 0 Å². The molecule has 1 fully saturated rings. The number of aliphatic hydroxyl groups is 1. The molecule has 126 valence electrons. The third-order valence-corrected chi connectivity index (χ3v) is 4.72. The summed E-state index contributed by atoms with van der Waals surface area (Å²) in [5.41, 5.74) is 0.325. The van der Waals surface area contributed by atoms with E-state index in [2.05, 4.69) is 44.8 Å². The Kier molecular flexibility index (Phi) is 8.17. The number of morpholine rings is 1. The van der Waals surface area contributed by atoms with Gasteiger partial charge in [-0.2, -0.15) is 0 Å². The fourth-order valence-electron chi connectivity index (χ4n) is 3.25. The number of hydrogen-bond acceptors (Lipinski definition) is 4. The van der Waals surface area contributed by atoms with Crippen LogP contribution in [0.25, 0.3) is 0 Å². The number of nitrogens with one attached hydrogen (secondary N) is 1. The molecule has 0 aromatic rings. The fraction of sp³-hybridized carbons (Fsp3) is 1.00. The SMILES string of the molecule is CCC(CC)(CNCC(C)C)CN1CC(C)OC(CO)C1.